The summed E-state index contributed by atoms with van der Waals surface area (Å²) in [6, 6.07) is 9.40. The summed E-state index contributed by atoms with van der Waals surface area (Å²) in [6.07, 6.45) is -3.26. The van der Waals surface area contributed by atoms with E-state index in [2.05, 4.69) is 15.0 Å². The highest BCUT2D eigenvalue weighted by Crippen LogP contribution is 2.28. The molecule has 0 saturated heterocycles. The second-order valence-electron chi connectivity index (χ2n) is 5.23. The van der Waals surface area contributed by atoms with Crippen LogP contribution in [0.4, 0.5) is 18.9 Å². The molecule has 2 aromatic heterocycles. The number of halogens is 3. The van der Waals surface area contributed by atoms with Gasteiger partial charge in [-0.1, -0.05) is 12.1 Å². The first-order valence-corrected chi connectivity index (χ1v) is 7.39. The standard InChI is InChI=1S/C17H13F3N2O4/c1-24-12-4-2-3-10-7-13(26-15(10)12)16(23)22-11-5-6-14(21-8-11)25-9-17(18,19)20/h2-8H,9H2,1H3,(H,22,23). The Morgan fingerprint density at radius 3 is 2.73 bits per heavy atom. The molecule has 0 radical (unpaired) electrons. The number of carbonyl (C=O) groups excluding carboxylic acids is 1. The first-order chi connectivity index (χ1) is 12.4. The smallest absolute Gasteiger partial charge is 0.422 e. The third-order valence-electron chi connectivity index (χ3n) is 3.33. The lowest BCUT2D eigenvalue weighted by Crippen LogP contribution is -2.19. The minimum Gasteiger partial charge on any atom is -0.493 e. The molecule has 0 bridgehead atoms. The summed E-state index contributed by atoms with van der Waals surface area (Å²) in [6.45, 7) is -1.44. The molecule has 0 aliphatic rings. The van der Waals surface area contributed by atoms with Crippen LogP contribution in [0.25, 0.3) is 11.0 Å². The van der Waals surface area contributed by atoms with Crippen molar-refractivity contribution in [2.45, 2.75) is 6.18 Å². The number of para-hydroxylation sites is 1. The normalized spacial score (nSPS) is 11.4. The largest absolute Gasteiger partial charge is 0.493 e. The van der Waals surface area contributed by atoms with Crippen molar-refractivity contribution in [2.24, 2.45) is 0 Å². The van der Waals surface area contributed by atoms with Crippen molar-refractivity contribution >= 4 is 22.6 Å². The molecule has 26 heavy (non-hydrogen) atoms. The van der Waals surface area contributed by atoms with Gasteiger partial charge < -0.3 is 19.2 Å². The number of hydrogen-bond acceptors (Lipinski definition) is 5. The fourth-order valence-electron chi connectivity index (χ4n) is 2.20. The van der Waals surface area contributed by atoms with Crippen LogP contribution in [0.15, 0.2) is 47.0 Å². The monoisotopic (exact) mass is 366 g/mol. The molecule has 0 aliphatic heterocycles. The average molecular weight is 366 g/mol. The number of amides is 1. The molecule has 136 valence electrons. The number of methoxy groups -OCH3 is 1. The van der Waals surface area contributed by atoms with Crippen LogP contribution in [0.2, 0.25) is 0 Å². The van der Waals surface area contributed by atoms with Crippen LogP contribution >= 0.6 is 0 Å². The molecule has 0 saturated carbocycles. The number of aromatic nitrogens is 1. The van der Waals surface area contributed by atoms with Crippen LogP contribution in [0.5, 0.6) is 11.6 Å². The van der Waals surface area contributed by atoms with Crippen LogP contribution in [-0.2, 0) is 0 Å². The van der Waals surface area contributed by atoms with Crippen LogP contribution < -0.4 is 14.8 Å². The van der Waals surface area contributed by atoms with Gasteiger partial charge in [0.1, 0.15) is 0 Å². The third kappa shape index (κ3) is 4.05. The van der Waals surface area contributed by atoms with E-state index in [0.717, 1.165) is 0 Å². The van der Waals surface area contributed by atoms with E-state index in [-0.39, 0.29) is 17.3 Å². The second-order valence-corrected chi connectivity index (χ2v) is 5.23. The Kier molecular flexibility index (Phi) is 4.70. The molecular weight excluding hydrogens is 353 g/mol. The fourth-order valence-corrected chi connectivity index (χ4v) is 2.20. The van der Waals surface area contributed by atoms with Crippen molar-refractivity contribution in [1.29, 1.82) is 0 Å². The van der Waals surface area contributed by atoms with Crippen LogP contribution in [0, 0.1) is 0 Å². The van der Waals surface area contributed by atoms with E-state index in [0.29, 0.717) is 16.7 Å². The minimum absolute atomic E-state index is 0.0573. The molecule has 3 aromatic rings. The zero-order chi connectivity index (χ0) is 18.7. The van der Waals surface area contributed by atoms with Crippen LogP contribution in [0.1, 0.15) is 10.6 Å². The summed E-state index contributed by atoms with van der Waals surface area (Å²) in [4.78, 5) is 16.0. The van der Waals surface area contributed by atoms with Gasteiger partial charge in [-0.2, -0.15) is 13.2 Å². The van der Waals surface area contributed by atoms with Gasteiger partial charge in [-0.25, -0.2) is 4.98 Å². The van der Waals surface area contributed by atoms with Gasteiger partial charge in [0.15, 0.2) is 23.7 Å². The van der Waals surface area contributed by atoms with E-state index in [1.165, 1.54) is 25.4 Å². The first-order valence-electron chi connectivity index (χ1n) is 7.39. The van der Waals surface area contributed by atoms with Gasteiger partial charge >= 0.3 is 6.18 Å². The number of alkyl halides is 3. The van der Waals surface area contributed by atoms with Crippen molar-refractivity contribution in [3.63, 3.8) is 0 Å². The Labute approximate surface area is 145 Å². The molecule has 0 aliphatic carbocycles. The van der Waals surface area contributed by atoms with Crippen LogP contribution in [0.3, 0.4) is 0 Å². The van der Waals surface area contributed by atoms with Gasteiger partial charge in [0.2, 0.25) is 5.88 Å². The maximum atomic E-state index is 12.3. The topological polar surface area (TPSA) is 73.6 Å². The summed E-state index contributed by atoms with van der Waals surface area (Å²) < 4.78 is 51.5. The molecule has 9 heteroatoms. The number of furan rings is 1. The lowest BCUT2D eigenvalue weighted by molar-refractivity contribution is -0.154. The predicted molar refractivity (Wildman–Crippen MR) is 86.5 cm³/mol. The quantitative estimate of drug-likeness (QED) is 0.738. The van der Waals surface area contributed by atoms with Gasteiger partial charge in [0.05, 0.1) is 19.0 Å². The Balaban J connectivity index is 1.70. The lowest BCUT2D eigenvalue weighted by atomic mass is 10.2. The molecule has 2 heterocycles. The van der Waals surface area contributed by atoms with E-state index in [1.54, 1.807) is 24.3 Å². The molecule has 0 spiro atoms. The Hall–Kier alpha value is -3.23. The molecule has 3 rings (SSSR count). The highest BCUT2D eigenvalue weighted by atomic mass is 19.4. The van der Waals surface area contributed by atoms with Crippen LogP contribution in [-0.4, -0.2) is 30.8 Å². The Morgan fingerprint density at radius 2 is 2.08 bits per heavy atom. The lowest BCUT2D eigenvalue weighted by Gasteiger charge is -2.08. The highest BCUT2D eigenvalue weighted by Gasteiger charge is 2.28. The molecule has 1 amide bonds. The second kappa shape index (κ2) is 6.95. The number of carbonyl (C=O) groups is 1. The minimum atomic E-state index is -4.45. The first kappa shape index (κ1) is 17.6. The van der Waals surface area contributed by atoms with Crippen molar-refractivity contribution in [2.75, 3.05) is 19.0 Å². The molecule has 1 aromatic carbocycles. The maximum absolute atomic E-state index is 12.3. The fraction of sp³-hybridized carbons (Fsp3) is 0.176. The zero-order valence-corrected chi connectivity index (χ0v) is 13.5. The Bertz CT molecular complexity index is 920. The Morgan fingerprint density at radius 1 is 1.27 bits per heavy atom. The summed E-state index contributed by atoms with van der Waals surface area (Å²) in [7, 11) is 1.49. The average Bonchev–Trinajstić information content (AvgIpc) is 3.05. The van der Waals surface area contributed by atoms with Crippen molar-refractivity contribution in [1.82, 2.24) is 4.98 Å². The SMILES string of the molecule is COc1cccc2cc(C(=O)Nc3ccc(OCC(F)(F)F)nc3)oc12. The number of hydrogen-bond donors (Lipinski definition) is 1. The van der Waals surface area contributed by atoms with E-state index in [4.69, 9.17) is 9.15 Å². The highest BCUT2D eigenvalue weighted by molar-refractivity contribution is 6.05. The van der Waals surface area contributed by atoms with E-state index >= 15 is 0 Å². The number of benzene rings is 1. The molecule has 6 nitrogen and oxygen atoms in total. The molecule has 0 fully saturated rings. The van der Waals surface area contributed by atoms with E-state index in [1.807, 2.05) is 0 Å². The summed E-state index contributed by atoms with van der Waals surface area (Å²) in [5.41, 5.74) is 0.718. The summed E-state index contributed by atoms with van der Waals surface area (Å²) >= 11 is 0. The van der Waals surface area contributed by atoms with Gasteiger partial charge in [-0.15, -0.1) is 0 Å². The number of ether oxygens (including phenoxy) is 2. The van der Waals surface area contributed by atoms with Gasteiger partial charge in [0.25, 0.3) is 5.91 Å². The van der Waals surface area contributed by atoms with Crippen molar-refractivity contribution in [3.8, 4) is 11.6 Å². The maximum Gasteiger partial charge on any atom is 0.422 e. The van der Waals surface area contributed by atoms with Crippen molar-refractivity contribution < 1.29 is 31.9 Å². The van der Waals surface area contributed by atoms with Crippen molar-refractivity contribution in [3.05, 3.63) is 48.4 Å². The number of fused-ring (bicyclic) bond motifs is 1. The van der Waals surface area contributed by atoms with E-state index in [9.17, 15) is 18.0 Å². The summed E-state index contributed by atoms with van der Waals surface area (Å²) in [5, 5.41) is 3.24. The van der Waals surface area contributed by atoms with Gasteiger partial charge in [-0.3, -0.25) is 4.79 Å². The molecule has 0 unspecified atom stereocenters. The number of pyridine rings is 1. The van der Waals surface area contributed by atoms with Gasteiger partial charge in [0, 0.05) is 11.5 Å². The zero-order valence-electron chi connectivity index (χ0n) is 13.5. The molecule has 1 N–H and O–H groups in total. The number of rotatable bonds is 5. The summed E-state index contributed by atoms with van der Waals surface area (Å²) in [5.74, 6) is -0.181. The van der Waals surface area contributed by atoms with Gasteiger partial charge in [-0.05, 0) is 18.2 Å². The number of nitrogens with zero attached hydrogens (tertiary/aromatic N) is 1. The predicted octanol–water partition coefficient (Wildman–Crippen LogP) is 4.03. The molecule has 0 atom stereocenters. The number of anilines is 1. The number of nitrogens with one attached hydrogen (secondary N) is 1. The third-order valence-corrected chi connectivity index (χ3v) is 3.33. The molecular formula is C17H13F3N2O4. The van der Waals surface area contributed by atoms with E-state index < -0.39 is 18.7 Å².